The number of allylic oxidation sites excluding steroid dienone is 1. The largest absolute Gasteiger partial charge is 0.475 e. The van der Waals surface area contributed by atoms with Gasteiger partial charge in [-0.25, -0.2) is 8.96 Å². The van der Waals surface area contributed by atoms with Gasteiger partial charge in [-0.05, 0) is 36.3 Å². The zero-order chi connectivity index (χ0) is 25.4. The van der Waals surface area contributed by atoms with Gasteiger partial charge in [0.2, 0.25) is 5.91 Å². The molecule has 1 amide bonds. The highest BCUT2D eigenvalue weighted by Gasteiger charge is 2.60. The van der Waals surface area contributed by atoms with Crippen molar-refractivity contribution in [3.63, 3.8) is 0 Å². The van der Waals surface area contributed by atoms with Gasteiger partial charge in [-0.3, -0.25) is 32.9 Å². The molecule has 3 aliphatic rings. The van der Waals surface area contributed by atoms with E-state index in [-0.39, 0.29) is 19.6 Å². The fourth-order valence-electron chi connectivity index (χ4n) is 3.95. The van der Waals surface area contributed by atoms with E-state index in [1.54, 1.807) is 18.2 Å². The molecule has 1 aromatic carbocycles. The molecule has 190 valence electrons. The highest BCUT2D eigenvalue weighted by molar-refractivity contribution is 7.48. The Morgan fingerprint density at radius 3 is 2.69 bits per heavy atom. The van der Waals surface area contributed by atoms with Crippen molar-refractivity contribution in [2.45, 2.75) is 64.0 Å². The number of carbonyl (C=O) groups excluding carboxylic acids is 3. The number of rotatable bonds is 6. The molecule has 3 heterocycles. The summed E-state index contributed by atoms with van der Waals surface area (Å²) in [6.45, 7) is 1.95. The molecule has 0 bridgehead atoms. The third kappa shape index (κ3) is 5.50. The van der Waals surface area contributed by atoms with E-state index in [0.717, 1.165) is 24.1 Å². The van der Waals surface area contributed by atoms with Gasteiger partial charge < -0.3 is 9.47 Å². The summed E-state index contributed by atoms with van der Waals surface area (Å²) in [4.78, 5) is 36.9. The van der Waals surface area contributed by atoms with E-state index in [1.807, 2.05) is 0 Å². The zero-order valence-corrected chi connectivity index (χ0v) is 20.6. The number of benzene rings is 1. The second kappa shape index (κ2) is 10.1. The molecule has 13 heteroatoms. The Bertz CT molecular complexity index is 1110. The molecule has 1 fully saturated rings. The van der Waals surface area contributed by atoms with E-state index in [2.05, 4.69) is 0 Å². The van der Waals surface area contributed by atoms with Gasteiger partial charge in [0.15, 0.2) is 23.8 Å². The summed E-state index contributed by atoms with van der Waals surface area (Å²) in [5.41, 5.74) is -0.998. The number of alkyl halides is 1. The van der Waals surface area contributed by atoms with Gasteiger partial charge in [0.1, 0.15) is 6.10 Å². The first-order chi connectivity index (χ1) is 16.5. The lowest BCUT2D eigenvalue weighted by Gasteiger charge is -2.33. The minimum atomic E-state index is -4.11. The van der Waals surface area contributed by atoms with Gasteiger partial charge in [-0.15, -0.1) is 0 Å². The summed E-state index contributed by atoms with van der Waals surface area (Å²) in [5.74, 6) is -1.81. The number of esters is 1. The first kappa shape index (κ1) is 25.9. The number of hydrogen-bond acceptors (Lipinski definition) is 9. The first-order valence-electron chi connectivity index (χ1n) is 10.9. The quantitative estimate of drug-likeness (QED) is 0.308. The Morgan fingerprint density at radius 1 is 1.29 bits per heavy atom. The van der Waals surface area contributed by atoms with Crippen LogP contribution in [0.2, 0.25) is 5.02 Å². The van der Waals surface area contributed by atoms with Gasteiger partial charge in [0.05, 0.1) is 26.2 Å². The number of halogens is 2. The maximum absolute atomic E-state index is 16.0. The SMILES string of the molecule is CCC(=O)O[C@@H]1[C@@H](COP2(=O)OCc3ccc(Cl)cc3CO2)O[C@@H](N2C=CC(=O)CC2=O)[C@]1(C)F. The Balaban J connectivity index is 1.51. The van der Waals surface area contributed by atoms with Crippen LogP contribution in [-0.2, 0) is 55.2 Å². The topological polar surface area (TPSA) is 118 Å². The minimum Gasteiger partial charge on any atom is -0.456 e. The molecule has 5 atom stereocenters. The van der Waals surface area contributed by atoms with Gasteiger partial charge >= 0.3 is 13.8 Å². The van der Waals surface area contributed by atoms with E-state index in [4.69, 9.17) is 34.6 Å². The molecule has 3 aliphatic heterocycles. The molecule has 1 saturated heterocycles. The lowest BCUT2D eigenvalue weighted by Crippen LogP contribution is -2.52. The van der Waals surface area contributed by atoms with Crippen molar-refractivity contribution in [3.8, 4) is 0 Å². The van der Waals surface area contributed by atoms with Gasteiger partial charge in [0, 0.05) is 17.6 Å². The van der Waals surface area contributed by atoms with E-state index in [0.29, 0.717) is 16.1 Å². The molecule has 0 spiro atoms. The van der Waals surface area contributed by atoms with Gasteiger partial charge in [-0.2, -0.15) is 0 Å². The van der Waals surface area contributed by atoms with Crippen LogP contribution in [-0.4, -0.2) is 53.3 Å². The van der Waals surface area contributed by atoms with Crippen molar-refractivity contribution in [2.75, 3.05) is 6.61 Å². The van der Waals surface area contributed by atoms with Crippen LogP contribution >= 0.6 is 19.4 Å². The van der Waals surface area contributed by atoms with Crippen LogP contribution in [0.25, 0.3) is 0 Å². The zero-order valence-electron chi connectivity index (χ0n) is 19.0. The Morgan fingerprint density at radius 2 is 2.00 bits per heavy atom. The van der Waals surface area contributed by atoms with Crippen molar-refractivity contribution >= 4 is 37.1 Å². The van der Waals surface area contributed by atoms with Crippen molar-refractivity contribution in [1.82, 2.24) is 4.90 Å². The molecule has 0 saturated carbocycles. The standard InChI is InChI=1S/C22H24ClFNO9P/c1-3-19(28)34-20-17(33-21(22(20,2)24)25-7-6-16(26)9-18(25)27)12-32-35(29)30-10-13-4-5-15(23)8-14(13)11-31-35/h4-8,17,20-21H,3,9-12H2,1-2H3/t17-,20-,21-,22-,35?/m1/s1. The van der Waals surface area contributed by atoms with Gasteiger partial charge in [-0.1, -0.05) is 24.6 Å². The highest BCUT2D eigenvalue weighted by atomic mass is 35.5. The highest BCUT2D eigenvalue weighted by Crippen LogP contribution is 2.53. The minimum absolute atomic E-state index is 0.0343. The van der Waals surface area contributed by atoms with Crippen LogP contribution in [0.4, 0.5) is 4.39 Å². The van der Waals surface area contributed by atoms with Gasteiger partial charge in [0.25, 0.3) is 0 Å². The second-order valence-electron chi connectivity index (χ2n) is 8.40. The van der Waals surface area contributed by atoms with E-state index in [1.165, 1.54) is 6.92 Å². The molecule has 0 aromatic heterocycles. The molecule has 1 aromatic rings. The maximum atomic E-state index is 16.0. The molecule has 1 unspecified atom stereocenters. The van der Waals surface area contributed by atoms with E-state index >= 15 is 4.39 Å². The van der Waals surface area contributed by atoms with Crippen LogP contribution in [0.1, 0.15) is 37.8 Å². The number of hydrogen-bond donors (Lipinski definition) is 0. The van der Waals surface area contributed by atoms with Crippen molar-refractivity contribution in [1.29, 1.82) is 0 Å². The van der Waals surface area contributed by atoms with Crippen LogP contribution in [0.15, 0.2) is 30.5 Å². The Hall–Kier alpha value is -2.14. The van der Waals surface area contributed by atoms with Crippen molar-refractivity contribution in [3.05, 3.63) is 46.6 Å². The number of phosphoric acid groups is 1. The summed E-state index contributed by atoms with van der Waals surface area (Å²) < 4.78 is 56.3. The summed E-state index contributed by atoms with van der Waals surface area (Å²) in [7, 11) is -4.11. The number of carbonyl (C=O) groups is 3. The van der Waals surface area contributed by atoms with Crippen LogP contribution < -0.4 is 0 Å². The molecular formula is C22H24ClFNO9P. The molecule has 0 aliphatic carbocycles. The van der Waals surface area contributed by atoms with E-state index < -0.39 is 62.6 Å². The Kier molecular flexibility index (Phi) is 7.47. The summed E-state index contributed by atoms with van der Waals surface area (Å²) in [6, 6.07) is 5.03. The third-order valence-corrected chi connectivity index (χ3v) is 7.43. The van der Waals surface area contributed by atoms with Crippen molar-refractivity contribution < 1.29 is 46.4 Å². The molecular weight excluding hydrogens is 508 g/mol. The van der Waals surface area contributed by atoms with Crippen LogP contribution in [0.5, 0.6) is 0 Å². The summed E-state index contributed by atoms with van der Waals surface area (Å²) in [6.07, 6.45) is -2.52. The van der Waals surface area contributed by atoms with Crippen LogP contribution in [0.3, 0.4) is 0 Å². The number of ether oxygens (including phenoxy) is 2. The number of amides is 1. The average molecular weight is 532 g/mol. The normalized spacial score (nSPS) is 32.9. The first-order valence-corrected chi connectivity index (χ1v) is 12.7. The lowest BCUT2D eigenvalue weighted by atomic mass is 9.97. The summed E-state index contributed by atoms with van der Waals surface area (Å²) >= 11 is 6.00. The number of ketones is 1. The smallest absolute Gasteiger partial charge is 0.456 e. The monoisotopic (exact) mass is 531 g/mol. The van der Waals surface area contributed by atoms with Crippen LogP contribution in [0, 0.1) is 0 Å². The van der Waals surface area contributed by atoms with E-state index in [9.17, 15) is 18.9 Å². The molecule has 0 N–H and O–H groups in total. The molecule has 35 heavy (non-hydrogen) atoms. The van der Waals surface area contributed by atoms with Crippen molar-refractivity contribution in [2.24, 2.45) is 0 Å². The number of phosphoric ester groups is 1. The fraction of sp³-hybridized carbons (Fsp3) is 0.500. The molecule has 4 rings (SSSR count). The third-order valence-electron chi connectivity index (χ3n) is 5.84. The Labute approximate surface area is 205 Å². The molecule has 0 radical (unpaired) electrons. The second-order valence-corrected chi connectivity index (χ2v) is 10.5. The summed E-state index contributed by atoms with van der Waals surface area (Å²) in [5, 5.41) is 0.473. The predicted octanol–water partition coefficient (Wildman–Crippen LogP) is 3.60. The lowest BCUT2D eigenvalue weighted by molar-refractivity contribution is -0.158. The average Bonchev–Trinajstić information content (AvgIpc) is 2.94. The fourth-order valence-corrected chi connectivity index (χ4v) is 5.29. The number of nitrogens with zero attached hydrogens (tertiary/aromatic N) is 1. The predicted molar refractivity (Wildman–Crippen MR) is 119 cm³/mol. The number of fused-ring (bicyclic) bond motifs is 1. The maximum Gasteiger partial charge on any atom is 0.475 e. The molecule has 10 nitrogen and oxygen atoms in total.